The predicted molar refractivity (Wildman–Crippen MR) is 124 cm³/mol. The Morgan fingerprint density at radius 3 is 2.62 bits per heavy atom. The summed E-state index contributed by atoms with van der Waals surface area (Å²) < 4.78 is 1.62. The van der Waals surface area contributed by atoms with Crippen LogP contribution in [-0.2, 0) is 7.05 Å². The second-order valence-electron chi connectivity index (χ2n) is 9.05. The molecule has 0 bridgehead atoms. The van der Waals surface area contributed by atoms with Crippen LogP contribution in [0.1, 0.15) is 34.5 Å². The van der Waals surface area contributed by atoms with E-state index in [1.165, 1.54) is 0 Å². The number of rotatable bonds is 5. The largest absolute Gasteiger partial charge is 0.478 e. The highest BCUT2D eigenvalue weighted by atomic mass is 16.4. The fraction of sp³-hybridized carbons (Fsp3) is 0.375. The molecule has 2 aromatic carbocycles. The monoisotopic (exact) mass is 433 g/mol. The maximum absolute atomic E-state index is 13.3. The van der Waals surface area contributed by atoms with Crippen molar-refractivity contribution in [3.8, 4) is 0 Å². The van der Waals surface area contributed by atoms with Crippen molar-refractivity contribution in [1.29, 1.82) is 0 Å². The summed E-state index contributed by atoms with van der Waals surface area (Å²) >= 11 is 0. The van der Waals surface area contributed by atoms with E-state index in [0.717, 1.165) is 24.2 Å². The summed E-state index contributed by atoms with van der Waals surface area (Å²) in [7, 11) is 1.76. The normalized spacial score (nSPS) is 22.6. The molecule has 4 N–H and O–H groups in total. The number of piperidine rings is 1. The molecule has 1 saturated carbocycles. The summed E-state index contributed by atoms with van der Waals surface area (Å²) in [5.41, 5.74) is 9.19. The number of nitrogens with one attached hydrogen (secondary N) is 1. The number of carboxylic acids is 1. The lowest BCUT2D eigenvalue weighted by atomic mass is 10.0. The first-order valence-electron chi connectivity index (χ1n) is 10.9. The van der Waals surface area contributed by atoms with E-state index in [0.29, 0.717) is 34.4 Å². The van der Waals surface area contributed by atoms with E-state index in [9.17, 15) is 14.7 Å². The van der Waals surface area contributed by atoms with Crippen LogP contribution in [0, 0.1) is 18.8 Å². The van der Waals surface area contributed by atoms with Gasteiger partial charge in [0.25, 0.3) is 5.56 Å². The van der Waals surface area contributed by atoms with Crippen molar-refractivity contribution in [2.75, 3.05) is 23.3 Å². The number of carboxylic acid groups (broad SMARTS) is 1. The Morgan fingerprint density at radius 1 is 1.25 bits per heavy atom. The van der Waals surface area contributed by atoms with Gasteiger partial charge in [-0.25, -0.2) is 9.78 Å². The standard InChI is InChI=1S/C24H27N5O3/c1-12-8-15(13(2)26-19-7-5-4-6-14(19)23(31)32)21-16(9-12)22(30)28(3)24(27-21)29-10-17-18(11-29)20(17)25/h4-9,13,17-18,20,26H,10-11,25H2,1-3H3,(H,31,32)/t13?,17-,18+,20?. The molecule has 8 nitrogen and oxygen atoms in total. The summed E-state index contributed by atoms with van der Waals surface area (Å²) in [5, 5.41) is 13.4. The number of aryl methyl sites for hydroxylation is 1. The molecule has 1 saturated heterocycles. The van der Waals surface area contributed by atoms with Crippen LogP contribution < -0.4 is 21.5 Å². The van der Waals surface area contributed by atoms with Crippen LogP contribution in [0.15, 0.2) is 41.2 Å². The second-order valence-corrected chi connectivity index (χ2v) is 9.05. The molecule has 166 valence electrons. The first-order valence-corrected chi connectivity index (χ1v) is 10.9. The van der Waals surface area contributed by atoms with Crippen molar-refractivity contribution in [3.05, 3.63) is 63.4 Å². The van der Waals surface area contributed by atoms with E-state index in [-0.39, 0.29) is 23.2 Å². The summed E-state index contributed by atoms with van der Waals surface area (Å²) in [4.78, 5) is 32.0. The second kappa shape index (κ2) is 7.34. The molecule has 1 aliphatic heterocycles. The number of para-hydroxylation sites is 1. The van der Waals surface area contributed by atoms with Gasteiger partial charge in [0.15, 0.2) is 0 Å². The van der Waals surface area contributed by atoms with Crippen LogP contribution in [0.4, 0.5) is 11.6 Å². The number of anilines is 2. The molecule has 5 rings (SSSR count). The van der Waals surface area contributed by atoms with Gasteiger partial charge in [0.1, 0.15) is 0 Å². The van der Waals surface area contributed by atoms with Gasteiger partial charge in [-0.15, -0.1) is 0 Å². The molecule has 4 atom stereocenters. The third kappa shape index (κ3) is 3.22. The maximum Gasteiger partial charge on any atom is 0.337 e. The highest BCUT2D eigenvalue weighted by molar-refractivity contribution is 5.94. The summed E-state index contributed by atoms with van der Waals surface area (Å²) in [6, 6.07) is 10.7. The number of nitrogens with two attached hydrogens (primary N) is 1. The minimum Gasteiger partial charge on any atom is -0.478 e. The van der Waals surface area contributed by atoms with E-state index < -0.39 is 5.97 Å². The SMILES string of the molecule is Cc1cc(C(C)Nc2ccccc2C(=O)O)c2nc(N3C[C@@H]4C(N)[C@@H]4C3)n(C)c(=O)c2c1. The topological polar surface area (TPSA) is 113 Å². The maximum atomic E-state index is 13.3. The van der Waals surface area contributed by atoms with Gasteiger partial charge >= 0.3 is 5.97 Å². The molecule has 1 aliphatic carbocycles. The Bertz CT molecular complexity index is 1290. The summed E-state index contributed by atoms with van der Waals surface area (Å²) in [6.45, 7) is 5.54. The highest BCUT2D eigenvalue weighted by Crippen LogP contribution is 2.45. The molecule has 3 aromatic rings. The van der Waals surface area contributed by atoms with Gasteiger partial charge < -0.3 is 21.1 Å². The Morgan fingerprint density at radius 2 is 1.94 bits per heavy atom. The van der Waals surface area contributed by atoms with Crippen molar-refractivity contribution in [1.82, 2.24) is 9.55 Å². The number of aromatic carboxylic acids is 1. The average molecular weight is 434 g/mol. The number of nitrogens with zero attached hydrogens (tertiary/aromatic N) is 3. The van der Waals surface area contributed by atoms with Gasteiger partial charge in [0.2, 0.25) is 5.95 Å². The smallest absolute Gasteiger partial charge is 0.337 e. The van der Waals surface area contributed by atoms with Crippen LogP contribution in [0.25, 0.3) is 10.9 Å². The number of benzene rings is 2. The number of hydrogen-bond acceptors (Lipinski definition) is 6. The predicted octanol–water partition coefficient (Wildman–Crippen LogP) is 2.51. The van der Waals surface area contributed by atoms with Crippen LogP contribution in [-0.4, -0.2) is 39.8 Å². The minimum absolute atomic E-state index is 0.0852. The van der Waals surface area contributed by atoms with E-state index >= 15 is 0 Å². The van der Waals surface area contributed by atoms with E-state index in [4.69, 9.17) is 10.7 Å². The lowest BCUT2D eigenvalue weighted by Crippen LogP contribution is -2.34. The molecule has 0 spiro atoms. The number of fused-ring (bicyclic) bond motifs is 2. The van der Waals surface area contributed by atoms with Crippen molar-refractivity contribution in [2.24, 2.45) is 24.6 Å². The van der Waals surface area contributed by atoms with E-state index in [2.05, 4.69) is 10.2 Å². The van der Waals surface area contributed by atoms with Crippen molar-refractivity contribution < 1.29 is 9.90 Å². The molecular formula is C24H27N5O3. The van der Waals surface area contributed by atoms with Gasteiger partial charge in [-0.1, -0.05) is 18.2 Å². The van der Waals surface area contributed by atoms with Crippen molar-refractivity contribution in [2.45, 2.75) is 25.9 Å². The van der Waals surface area contributed by atoms with E-state index in [1.54, 1.807) is 35.9 Å². The van der Waals surface area contributed by atoms with Crippen LogP contribution in [0.2, 0.25) is 0 Å². The first kappa shape index (κ1) is 20.5. The molecule has 2 fully saturated rings. The zero-order chi connectivity index (χ0) is 22.7. The lowest BCUT2D eigenvalue weighted by Gasteiger charge is -2.24. The molecule has 2 aliphatic rings. The molecule has 32 heavy (non-hydrogen) atoms. The molecule has 1 aromatic heterocycles. The Balaban J connectivity index is 1.58. The average Bonchev–Trinajstić information content (AvgIpc) is 3.16. The van der Waals surface area contributed by atoms with Crippen LogP contribution >= 0.6 is 0 Å². The van der Waals surface area contributed by atoms with Crippen molar-refractivity contribution in [3.63, 3.8) is 0 Å². The lowest BCUT2D eigenvalue weighted by molar-refractivity contribution is 0.0698. The van der Waals surface area contributed by atoms with Gasteiger partial charge in [0.05, 0.1) is 22.5 Å². The van der Waals surface area contributed by atoms with Crippen molar-refractivity contribution >= 4 is 28.5 Å². The molecular weight excluding hydrogens is 406 g/mol. The number of aromatic nitrogens is 2. The minimum atomic E-state index is -0.991. The van der Waals surface area contributed by atoms with Crippen LogP contribution in [0.3, 0.4) is 0 Å². The third-order valence-corrected chi connectivity index (χ3v) is 6.87. The van der Waals surface area contributed by atoms with Crippen LogP contribution in [0.5, 0.6) is 0 Å². The first-order chi connectivity index (χ1) is 15.3. The van der Waals surface area contributed by atoms with Gasteiger partial charge in [0, 0.05) is 37.4 Å². The number of carbonyl (C=O) groups is 1. The molecule has 0 amide bonds. The highest BCUT2D eigenvalue weighted by Gasteiger charge is 2.54. The Labute approximate surface area is 185 Å². The molecule has 2 heterocycles. The quantitative estimate of drug-likeness (QED) is 0.566. The summed E-state index contributed by atoms with van der Waals surface area (Å²) in [6.07, 6.45) is 0. The van der Waals surface area contributed by atoms with E-state index in [1.807, 2.05) is 26.0 Å². The Hall–Kier alpha value is -3.39. The summed E-state index contributed by atoms with van der Waals surface area (Å²) in [5.74, 6) is 0.626. The molecule has 0 radical (unpaired) electrons. The molecule has 8 heteroatoms. The van der Waals surface area contributed by atoms with Gasteiger partial charge in [-0.2, -0.15) is 0 Å². The fourth-order valence-corrected chi connectivity index (χ4v) is 5.00. The third-order valence-electron chi connectivity index (χ3n) is 6.87. The molecule has 2 unspecified atom stereocenters. The zero-order valence-corrected chi connectivity index (χ0v) is 18.4. The van der Waals surface area contributed by atoms with Gasteiger partial charge in [-0.3, -0.25) is 9.36 Å². The number of hydrogen-bond donors (Lipinski definition) is 3. The van der Waals surface area contributed by atoms with Gasteiger partial charge in [-0.05, 0) is 49.4 Å². The fourth-order valence-electron chi connectivity index (χ4n) is 5.00. The Kier molecular flexibility index (Phi) is 4.70. The zero-order valence-electron chi connectivity index (χ0n) is 18.4.